The van der Waals surface area contributed by atoms with E-state index in [0.717, 1.165) is 31.7 Å². The molecular formula is C17H21ClN4. The van der Waals surface area contributed by atoms with E-state index in [1.165, 1.54) is 37.1 Å². The van der Waals surface area contributed by atoms with Crippen LogP contribution in [-0.4, -0.2) is 32.5 Å². The van der Waals surface area contributed by atoms with Crippen molar-refractivity contribution in [1.29, 1.82) is 0 Å². The molecule has 2 aromatic rings. The fraction of sp³-hybridized carbons (Fsp3) is 0.529. The number of imidazole rings is 1. The Labute approximate surface area is 136 Å². The highest BCUT2D eigenvalue weighted by atomic mass is 35.5. The lowest BCUT2D eigenvalue weighted by Gasteiger charge is -2.20. The van der Waals surface area contributed by atoms with E-state index in [4.69, 9.17) is 11.6 Å². The Morgan fingerprint density at radius 3 is 2.95 bits per heavy atom. The highest BCUT2D eigenvalue weighted by molar-refractivity contribution is 6.30. The first kappa shape index (κ1) is 14.2. The van der Waals surface area contributed by atoms with Crippen LogP contribution < -0.4 is 0 Å². The third-order valence-corrected chi connectivity index (χ3v) is 5.10. The smallest absolute Gasteiger partial charge is 0.0954 e. The maximum Gasteiger partial charge on any atom is 0.0954 e. The molecule has 1 fully saturated rings. The van der Waals surface area contributed by atoms with Crippen LogP contribution in [0.25, 0.3) is 0 Å². The van der Waals surface area contributed by atoms with Crippen molar-refractivity contribution in [1.82, 2.24) is 19.4 Å². The Kier molecular flexibility index (Phi) is 3.89. The number of rotatable bonds is 3. The summed E-state index contributed by atoms with van der Waals surface area (Å²) in [7, 11) is 0. The van der Waals surface area contributed by atoms with Crippen LogP contribution in [0.15, 0.2) is 24.7 Å². The number of pyridine rings is 1. The van der Waals surface area contributed by atoms with Gasteiger partial charge in [0, 0.05) is 37.6 Å². The maximum atomic E-state index is 5.90. The van der Waals surface area contributed by atoms with E-state index in [-0.39, 0.29) is 0 Å². The molecule has 0 bridgehead atoms. The van der Waals surface area contributed by atoms with Gasteiger partial charge in [-0.1, -0.05) is 11.6 Å². The van der Waals surface area contributed by atoms with E-state index < -0.39 is 0 Å². The minimum absolute atomic E-state index is 0.571. The van der Waals surface area contributed by atoms with Crippen molar-refractivity contribution >= 4 is 11.6 Å². The van der Waals surface area contributed by atoms with Crippen LogP contribution in [0.2, 0.25) is 5.02 Å². The molecule has 116 valence electrons. The van der Waals surface area contributed by atoms with Crippen LogP contribution in [0.5, 0.6) is 0 Å². The van der Waals surface area contributed by atoms with Crippen LogP contribution in [0, 0.1) is 0 Å². The Bertz CT molecular complexity index is 649. The average Bonchev–Trinajstić information content (AvgIpc) is 3.16. The van der Waals surface area contributed by atoms with Crippen molar-refractivity contribution in [3.05, 3.63) is 46.8 Å². The fourth-order valence-electron chi connectivity index (χ4n) is 3.72. The lowest BCUT2D eigenvalue weighted by atomic mass is 10.0. The van der Waals surface area contributed by atoms with Crippen molar-refractivity contribution < 1.29 is 0 Å². The van der Waals surface area contributed by atoms with Crippen LogP contribution in [0.4, 0.5) is 0 Å². The van der Waals surface area contributed by atoms with Crippen molar-refractivity contribution in [3.63, 3.8) is 0 Å². The quantitative estimate of drug-likeness (QED) is 0.871. The first-order valence-electron chi connectivity index (χ1n) is 8.17. The number of hydrogen-bond donors (Lipinski definition) is 0. The van der Waals surface area contributed by atoms with Crippen LogP contribution >= 0.6 is 11.6 Å². The van der Waals surface area contributed by atoms with Gasteiger partial charge < -0.3 is 4.57 Å². The number of aryl methyl sites for hydroxylation is 1. The highest BCUT2D eigenvalue weighted by Gasteiger charge is 2.27. The fourth-order valence-corrected chi connectivity index (χ4v) is 3.83. The number of fused-ring (bicyclic) bond motifs is 1. The third kappa shape index (κ3) is 2.77. The number of nitrogens with zero attached hydrogens (tertiary/aromatic N) is 4. The lowest BCUT2D eigenvalue weighted by molar-refractivity contribution is 0.311. The van der Waals surface area contributed by atoms with Crippen LogP contribution in [0.1, 0.15) is 42.4 Å². The van der Waals surface area contributed by atoms with E-state index in [9.17, 15) is 0 Å². The second-order valence-electron chi connectivity index (χ2n) is 6.40. The van der Waals surface area contributed by atoms with Crippen molar-refractivity contribution in [2.45, 2.75) is 44.7 Å². The summed E-state index contributed by atoms with van der Waals surface area (Å²) in [5, 5.41) is 0.702. The number of halogens is 1. The molecule has 5 heteroatoms. The molecule has 2 aliphatic rings. The predicted octanol–water partition coefficient (Wildman–Crippen LogP) is 3.26. The van der Waals surface area contributed by atoms with Gasteiger partial charge in [-0.25, -0.2) is 4.98 Å². The molecule has 0 saturated carbocycles. The zero-order chi connectivity index (χ0) is 14.9. The Morgan fingerprint density at radius 1 is 1.18 bits per heavy atom. The standard InChI is InChI=1S/C17H21ClN4/c18-13-5-6-14(19-9-13)10-21-8-7-15(11-21)22-12-20-16-3-1-2-4-17(16)22/h5-6,9,12,15H,1-4,7-8,10-11H2. The van der Waals surface area contributed by atoms with Gasteiger partial charge in [-0.2, -0.15) is 0 Å². The summed E-state index contributed by atoms with van der Waals surface area (Å²) in [4.78, 5) is 11.5. The van der Waals surface area contributed by atoms with Gasteiger partial charge in [0.2, 0.25) is 0 Å². The van der Waals surface area contributed by atoms with Crippen molar-refractivity contribution in [2.75, 3.05) is 13.1 Å². The lowest BCUT2D eigenvalue weighted by Crippen LogP contribution is -2.22. The molecule has 1 aliphatic carbocycles. The molecule has 1 atom stereocenters. The van der Waals surface area contributed by atoms with Gasteiger partial charge in [-0.15, -0.1) is 0 Å². The molecule has 3 heterocycles. The van der Waals surface area contributed by atoms with Gasteiger partial charge >= 0.3 is 0 Å². The second kappa shape index (κ2) is 6.01. The average molecular weight is 317 g/mol. The Morgan fingerprint density at radius 2 is 2.09 bits per heavy atom. The Hall–Kier alpha value is -1.39. The summed E-state index contributed by atoms with van der Waals surface area (Å²) in [6.45, 7) is 3.12. The highest BCUT2D eigenvalue weighted by Crippen LogP contribution is 2.28. The molecule has 22 heavy (non-hydrogen) atoms. The summed E-state index contributed by atoms with van der Waals surface area (Å²) in [5.41, 5.74) is 3.92. The molecule has 0 aromatic carbocycles. The van der Waals surface area contributed by atoms with Gasteiger partial charge in [0.05, 0.1) is 22.7 Å². The summed E-state index contributed by atoms with van der Waals surface area (Å²) >= 11 is 5.90. The predicted molar refractivity (Wildman–Crippen MR) is 87.0 cm³/mol. The molecule has 0 radical (unpaired) electrons. The molecule has 1 aliphatic heterocycles. The Balaban J connectivity index is 1.44. The van der Waals surface area contributed by atoms with E-state index in [0.29, 0.717) is 11.1 Å². The normalized spacial score (nSPS) is 22.0. The summed E-state index contributed by atoms with van der Waals surface area (Å²) in [6, 6.07) is 4.51. The third-order valence-electron chi connectivity index (χ3n) is 4.88. The minimum Gasteiger partial charge on any atom is -0.330 e. The summed E-state index contributed by atoms with van der Waals surface area (Å²) in [5.74, 6) is 0. The van der Waals surface area contributed by atoms with Gasteiger partial charge in [0.15, 0.2) is 0 Å². The monoisotopic (exact) mass is 316 g/mol. The molecule has 0 amide bonds. The van der Waals surface area contributed by atoms with Gasteiger partial charge in [0.1, 0.15) is 0 Å². The molecule has 1 unspecified atom stereocenters. The van der Waals surface area contributed by atoms with Crippen molar-refractivity contribution in [2.24, 2.45) is 0 Å². The zero-order valence-electron chi connectivity index (χ0n) is 12.7. The van der Waals surface area contributed by atoms with Crippen LogP contribution in [0.3, 0.4) is 0 Å². The van der Waals surface area contributed by atoms with E-state index in [1.54, 1.807) is 6.20 Å². The topological polar surface area (TPSA) is 34.0 Å². The molecule has 4 nitrogen and oxygen atoms in total. The number of hydrogen-bond acceptors (Lipinski definition) is 3. The van der Waals surface area contributed by atoms with E-state index >= 15 is 0 Å². The molecular weight excluding hydrogens is 296 g/mol. The zero-order valence-corrected chi connectivity index (χ0v) is 13.5. The van der Waals surface area contributed by atoms with Crippen molar-refractivity contribution in [3.8, 4) is 0 Å². The SMILES string of the molecule is Clc1ccc(CN2CCC(n3cnc4c3CCCC4)C2)nc1. The summed E-state index contributed by atoms with van der Waals surface area (Å²) < 4.78 is 2.45. The summed E-state index contributed by atoms with van der Waals surface area (Å²) in [6.07, 6.45) is 9.97. The number of likely N-dealkylation sites (tertiary alicyclic amines) is 1. The van der Waals surface area contributed by atoms with E-state index in [1.807, 2.05) is 12.1 Å². The van der Waals surface area contributed by atoms with Gasteiger partial charge in [-0.3, -0.25) is 9.88 Å². The molecule has 1 saturated heterocycles. The number of aromatic nitrogens is 3. The molecule has 0 N–H and O–H groups in total. The molecule has 4 rings (SSSR count). The maximum absolute atomic E-state index is 5.90. The van der Waals surface area contributed by atoms with Crippen LogP contribution in [-0.2, 0) is 19.4 Å². The molecule has 2 aromatic heterocycles. The van der Waals surface area contributed by atoms with Gasteiger partial charge in [-0.05, 0) is 44.2 Å². The largest absolute Gasteiger partial charge is 0.330 e. The second-order valence-corrected chi connectivity index (χ2v) is 6.83. The first-order valence-corrected chi connectivity index (χ1v) is 8.55. The van der Waals surface area contributed by atoms with Gasteiger partial charge in [0.25, 0.3) is 0 Å². The first-order chi connectivity index (χ1) is 10.8. The van der Waals surface area contributed by atoms with E-state index in [2.05, 4.69) is 25.8 Å². The molecule has 0 spiro atoms. The minimum atomic E-state index is 0.571.